The predicted octanol–water partition coefficient (Wildman–Crippen LogP) is 5.44. The first kappa shape index (κ1) is 24.5. The van der Waals surface area contributed by atoms with Crippen LogP contribution in [0.2, 0.25) is 0 Å². The van der Waals surface area contributed by atoms with Crippen molar-refractivity contribution in [3.8, 4) is 0 Å². The van der Waals surface area contributed by atoms with Gasteiger partial charge in [-0.2, -0.15) is 0 Å². The van der Waals surface area contributed by atoms with Crippen molar-refractivity contribution in [2.75, 3.05) is 0 Å². The van der Waals surface area contributed by atoms with Gasteiger partial charge < -0.3 is 10.2 Å². The van der Waals surface area contributed by atoms with Gasteiger partial charge in [0.1, 0.15) is 0 Å². The number of fused-ring (bicyclic) bond motifs is 5. The van der Waals surface area contributed by atoms with Gasteiger partial charge in [-0.05, 0) is 61.3 Å². The SMILES string of the molecule is C[C@]12CCC(=O)C=C1C[C@@H](SC(=O)c1ccccc1)[C@@H]1[C@@H]2C=C[C@@]2(C)[C@H]1CC[C@@]2(O)CCC(=O)O. The standard InChI is InChI=1S/C29H34O5S/c1-27-12-8-20(30)16-19(27)17-23(35-26(33)18-6-4-3-5-7-18)25-21(27)9-13-28(2)22(25)10-14-29(28,34)15-11-24(31)32/h3-7,9,13,16,21-23,25,34H,8,10-12,14-15,17H2,1-2H3,(H,31,32)/t21-,22-,23+,25+,27-,28-,29+/m0/s1. The van der Waals surface area contributed by atoms with Crippen LogP contribution in [0.3, 0.4) is 0 Å². The number of hydrogen-bond acceptors (Lipinski definition) is 5. The second-order valence-corrected chi connectivity index (χ2v) is 12.6. The molecular formula is C29H34O5S. The molecule has 2 fully saturated rings. The van der Waals surface area contributed by atoms with Crippen molar-refractivity contribution in [2.45, 2.75) is 69.6 Å². The van der Waals surface area contributed by atoms with Gasteiger partial charge in [0.2, 0.25) is 5.12 Å². The monoisotopic (exact) mass is 494 g/mol. The maximum absolute atomic E-state index is 13.3. The zero-order chi connectivity index (χ0) is 25.0. The van der Waals surface area contributed by atoms with Crippen molar-refractivity contribution in [3.05, 3.63) is 59.7 Å². The number of thioether (sulfide) groups is 1. The van der Waals surface area contributed by atoms with Gasteiger partial charge in [-0.25, -0.2) is 0 Å². The van der Waals surface area contributed by atoms with Crippen LogP contribution in [-0.2, 0) is 9.59 Å². The molecule has 2 saturated carbocycles. The fourth-order valence-electron chi connectivity index (χ4n) is 7.60. The normalized spacial score (nSPS) is 39.9. The summed E-state index contributed by atoms with van der Waals surface area (Å²) in [6.45, 7) is 4.35. The molecule has 6 heteroatoms. The largest absolute Gasteiger partial charge is 0.481 e. The molecule has 0 saturated heterocycles. The molecule has 0 spiro atoms. The quantitative estimate of drug-likeness (QED) is 0.530. The van der Waals surface area contributed by atoms with E-state index < -0.39 is 17.0 Å². The molecule has 5 nitrogen and oxygen atoms in total. The molecule has 0 aliphatic heterocycles. The highest BCUT2D eigenvalue weighted by Gasteiger charge is 2.64. The van der Waals surface area contributed by atoms with Crippen LogP contribution in [0.25, 0.3) is 0 Å². The van der Waals surface area contributed by atoms with E-state index in [1.54, 1.807) is 0 Å². The molecule has 5 rings (SSSR count). The summed E-state index contributed by atoms with van der Waals surface area (Å²) in [5.41, 5.74) is 0.0801. The van der Waals surface area contributed by atoms with Gasteiger partial charge in [0.15, 0.2) is 5.78 Å². The van der Waals surface area contributed by atoms with E-state index in [0.29, 0.717) is 24.8 Å². The summed E-state index contributed by atoms with van der Waals surface area (Å²) in [6.07, 6.45) is 9.82. The first-order valence-corrected chi connectivity index (χ1v) is 13.6. The Bertz CT molecular complexity index is 1110. The average Bonchev–Trinajstić information content (AvgIpc) is 3.10. The molecule has 0 bridgehead atoms. The molecule has 2 N–H and O–H groups in total. The number of allylic oxidation sites excluding steroid dienone is 3. The van der Waals surface area contributed by atoms with Gasteiger partial charge in [0, 0.05) is 29.1 Å². The minimum atomic E-state index is -1.07. The molecule has 4 aliphatic rings. The molecule has 0 unspecified atom stereocenters. The molecule has 4 aliphatic carbocycles. The number of carbonyl (C=O) groups is 3. The van der Waals surface area contributed by atoms with Crippen molar-refractivity contribution in [3.63, 3.8) is 0 Å². The molecule has 0 heterocycles. The van der Waals surface area contributed by atoms with E-state index >= 15 is 0 Å². The second-order valence-electron chi connectivity index (χ2n) is 11.4. The number of carboxylic acid groups (broad SMARTS) is 1. The third kappa shape index (κ3) is 3.93. The van der Waals surface area contributed by atoms with Gasteiger partial charge in [-0.15, -0.1) is 0 Å². The number of aliphatic hydroxyl groups is 1. The lowest BCUT2D eigenvalue weighted by Crippen LogP contribution is -2.55. The minimum absolute atomic E-state index is 0.00553. The third-order valence-electron chi connectivity index (χ3n) is 9.74. The molecule has 35 heavy (non-hydrogen) atoms. The maximum Gasteiger partial charge on any atom is 0.303 e. The first-order chi connectivity index (χ1) is 16.6. The third-order valence-corrected chi connectivity index (χ3v) is 11.0. The summed E-state index contributed by atoms with van der Waals surface area (Å²) in [5.74, 6) is -0.235. The van der Waals surface area contributed by atoms with Crippen molar-refractivity contribution in [1.82, 2.24) is 0 Å². The zero-order valence-corrected chi connectivity index (χ0v) is 21.2. The van der Waals surface area contributed by atoms with Crippen LogP contribution in [0.4, 0.5) is 0 Å². The molecular weight excluding hydrogens is 460 g/mol. The van der Waals surface area contributed by atoms with Crippen molar-refractivity contribution < 1.29 is 24.6 Å². The Morgan fingerprint density at radius 1 is 1.14 bits per heavy atom. The molecule has 1 aromatic rings. The van der Waals surface area contributed by atoms with Gasteiger partial charge in [-0.1, -0.05) is 73.7 Å². The van der Waals surface area contributed by atoms with Crippen LogP contribution in [0, 0.1) is 28.6 Å². The Morgan fingerprint density at radius 3 is 2.60 bits per heavy atom. The molecule has 186 valence electrons. The smallest absolute Gasteiger partial charge is 0.303 e. The van der Waals surface area contributed by atoms with Gasteiger partial charge in [0.05, 0.1) is 5.60 Å². The van der Waals surface area contributed by atoms with E-state index in [0.717, 1.165) is 18.4 Å². The molecule has 7 atom stereocenters. The van der Waals surface area contributed by atoms with Crippen molar-refractivity contribution in [2.24, 2.45) is 28.6 Å². The van der Waals surface area contributed by atoms with E-state index in [1.165, 1.54) is 11.8 Å². The summed E-state index contributed by atoms with van der Waals surface area (Å²) in [7, 11) is 0. The van der Waals surface area contributed by atoms with Gasteiger partial charge in [-0.3, -0.25) is 14.4 Å². The number of ketones is 1. The Kier molecular flexibility index (Phi) is 6.12. The second kappa shape index (κ2) is 8.74. The first-order valence-electron chi connectivity index (χ1n) is 12.7. The average molecular weight is 495 g/mol. The number of rotatable bonds is 5. The number of benzene rings is 1. The van der Waals surface area contributed by atoms with Crippen molar-refractivity contribution in [1.29, 1.82) is 0 Å². The Hall–Kier alpha value is -2.18. The lowest BCUT2D eigenvalue weighted by atomic mass is 9.48. The number of aliphatic carboxylic acids is 1. The van der Waals surface area contributed by atoms with Gasteiger partial charge in [0.25, 0.3) is 0 Å². The number of carbonyl (C=O) groups excluding carboxylic acids is 2. The molecule has 0 radical (unpaired) electrons. The highest BCUT2D eigenvalue weighted by molar-refractivity contribution is 8.14. The van der Waals surface area contributed by atoms with E-state index in [9.17, 15) is 24.6 Å². The summed E-state index contributed by atoms with van der Waals surface area (Å²) in [4.78, 5) is 37.0. The topological polar surface area (TPSA) is 91.7 Å². The van der Waals surface area contributed by atoms with Gasteiger partial charge >= 0.3 is 5.97 Å². The van der Waals surface area contributed by atoms with E-state index in [1.807, 2.05) is 36.4 Å². The fourth-order valence-corrected chi connectivity index (χ4v) is 8.92. The minimum Gasteiger partial charge on any atom is -0.481 e. The number of carboxylic acids is 1. The van der Waals surface area contributed by atoms with Crippen LogP contribution < -0.4 is 0 Å². The molecule has 0 aromatic heterocycles. The molecule has 0 amide bonds. The Labute approximate surface area is 211 Å². The van der Waals surface area contributed by atoms with Crippen LogP contribution in [-0.4, -0.2) is 37.9 Å². The summed E-state index contributed by atoms with van der Waals surface area (Å²) in [6, 6.07) is 9.33. The van der Waals surface area contributed by atoms with Crippen LogP contribution >= 0.6 is 11.8 Å². The summed E-state index contributed by atoms with van der Waals surface area (Å²) in [5, 5.41) is 21.0. The lowest BCUT2D eigenvalue weighted by molar-refractivity contribution is -0.140. The Balaban J connectivity index is 1.54. The maximum atomic E-state index is 13.3. The highest BCUT2D eigenvalue weighted by atomic mass is 32.2. The van der Waals surface area contributed by atoms with Crippen LogP contribution in [0.5, 0.6) is 0 Å². The predicted molar refractivity (Wildman–Crippen MR) is 136 cm³/mol. The van der Waals surface area contributed by atoms with E-state index in [-0.39, 0.29) is 52.2 Å². The number of hydrogen-bond donors (Lipinski definition) is 2. The Morgan fingerprint density at radius 2 is 1.89 bits per heavy atom. The fraction of sp³-hybridized carbons (Fsp3) is 0.552. The molecule has 1 aromatic carbocycles. The highest BCUT2D eigenvalue weighted by Crippen LogP contribution is 2.67. The summed E-state index contributed by atoms with van der Waals surface area (Å²) < 4.78 is 0. The lowest BCUT2D eigenvalue weighted by Gasteiger charge is -2.58. The zero-order valence-electron chi connectivity index (χ0n) is 20.4. The van der Waals surface area contributed by atoms with Crippen LogP contribution in [0.1, 0.15) is 69.2 Å². The van der Waals surface area contributed by atoms with Crippen LogP contribution in [0.15, 0.2) is 54.1 Å². The summed E-state index contributed by atoms with van der Waals surface area (Å²) >= 11 is 1.38. The van der Waals surface area contributed by atoms with Crippen molar-refractivity contribution >= 4 is 28.6 Å². The van der Waals surface area contributed by atoms with E-state index in [4.69, 9.17) is 0 Å². The van der Waals surface area contributed by atoms with E-state index in [2.05, 4.69) is 26.0 Å².